The molecule has 0 saturated carbocycles. The van der Waals surface area contributed by atoms with Crippen LogP contribution in [-0.4, -0.2) is 102 Å². The van der Waals surface area contributed by atoms with Crippen LogP contribution >= 0.6 is 0 Å². The first-order valence-corrected chi connectivity index (χ1v) is 13.7. The van der Waals surface area contributed by atoms with Crippen LogP contribution in [0.25, 0.3) is 0 Å². The molecular formula is C25H39N5O8. The lowest BCUT2D eigenvalue weighted by molar-refractivity contribution is -0.238. The van der Waals surface area contributed by atoms with Crippen LogP contribution < -0.4 is 15.4 Å². The molecule has 0 radical (unpaired) electrons. The standard InChI is InChI=1S/C25H39N5O8/c1-24(2)35-17-16(34-20-19(18(17)36-24)37-25(3,4)38-20)13-33-23-29-21(26-11-14-7-5-9-31-14)28-22(30-23)27-12-15-8-6-10-32-15/h14-20H,5-13H2,1-4H3,(H2,26,27,28,29,30)/t14?,15?,16-,17+,18+,19-,20-/m1/s1. The van der Waals surface area contributed by atoms with E-state index in [1.165, 1.54) is 0 Å². The fourth-order valence-corrected chi connectivity index (χ4v) is 5.58. The zero-order valence-corrected chi connectivity index (χ0v) is 22.5. The minimum atomic E-state index is -0.785. The molecule has 212 valence electrons. The number of rotatable bonds is 9. The third-order valence-electron chi connectivity index (χ3n) is 7.27. The molecular weight excluding hydrogens is 498 g/mol. The molecule has 6 heterocycles. The fraction of sp³-hybridized carbons (Fsp3) is 0.880. The van der Waals surface area contributed by atoms with Gasteiger partial charge in [0.1, 0.15) is 31.0 Å². The van der Waals surface area contributed by atoms with Crippen LogP contribution in [0.3, 0.4) is 0 Å². The topological polar surface area (TPSA) is 137 Å². The Balaban J connectivity index is 1.15. The third-order valence-corrected chi connectivity index (χ3v) is 7.27. The second-order valence-electron chi connectivity index (χ2n) is 11.3. The highest BCUT2D eigenvalue weighted by Crippen LogP contribution is 2.44. The van der Waals surface area contributed by atoms with Gasteiger partial charge in [-0.15, -0.1) is 0 Å². The van der Waals surface area contributed by atoms with Gasteiger partial charge in [-0.25, -0.2) is 0 Å². The average molecular weight is 538 g/mol. The lowest BCUT2D eigenvalue weighted by Crippen LogP contribution is -2.56. The summed E-state index contributed by atoms with van der Waals surface area (Å²) in [5, 5.41) is 6.54. The first-order valence-electron chi connectivity index (χ1n) is 13.7. The number of fused-ring (bicyclic) bond motifs is 3. The third kappa shape index (κ3) is 5.98. The molecule has 5 aliphatic rings. The highest BCUT2D eigenvalue weighted by Gasteiger charge is 2.60. The van der Waals surface area contributed by atoms with Crippen molar-refractivity contribution in [2.24, 2.45) is 0 Å². The van der Waals surface area contributed by atoms with Crippen molar-refractivity contribution < 1.29 is 37.9 Å². The smallest absolute Gasteiger partial charge is 0.323 e. The van der Waals surface area contributed by atoms with Crippen LogP contribution in [0, 0.1) is 0 Å². The molecule has 1 aromatic rings. The molecule has 1 aromatic heterocycles. The van der Waals surface area contributed by atoms with Crippen molar-refractivity contribution in [3.63, 3.8) is 0 Å². The number of nitrogens with one attached hydrogen (secondary N) is 2. The van der Waals surface area contributed by atoms with Crippen LogP contribution in [0.5, 0.6) is 6.01 Å². The van der Waals surface area contributed by atoms with Gasteiger partial charge >= 0.3 is 6.01 Å². The normalized spacial score (nSPS) is 37.1. The van der Waals surface area contributed by atoms with Crippen molar-refractivity contribution in [2.45, 2.75) is 108 Å². The molecule has 13 heteroatoms. The first kappa shape index (κ1) is 26.4. The molecule has 0 amide bonds. The minimum Gasteiger partial charge on any atom is -0.460 e. The van der Waals surface area contributed by atoms with E-state index in [-0.39, 0.29) is 30.9 Å². The SMILES string of the molecule is CC1(C)O[C@H]2[C@@H](O1)[C@@H](COc1nc(NCC3CCCO3)nc(NCC3CCCO3)n1)O[C@@H]1OC(C)(C)O[C@@H]12. The Morgan fingerprint density at radius 1 is 0.763 bits per heavy atom. The highest BCUT2D eigenvalue weighted by atomic mass is 16.9. The van der Waals surface area contributed by atoms with E-state index in [2.05, 4.69) is 25.6 Å². The monoisotopic (exact) mass is 537 g/mol. The summed E-state index contributed by atoms with van der Waals surface area (Å²) in [5.74, 6) is -0.737. The molecule has 0 aromatic carbocycles. The second kappa shape index (κ2) is 10.6. The Morgan fingerprint density at radius 3 is 1.95 bits per heavy atom. The largest absolute Gasteiger partial charge is 0.460 e. The van der Waals surface area contributed by atoms with Crippen molar-refractivity contribution in [2.75, 3.05) is 43.5 Å². The minimum absolute atomic E-state index is 0.133. The van der Waals surface area contributed by atoms with E-state index in [9.17, 15) is 0 Å². The maximum absolute atomic E-state index is 6.25. The number of ether oxygens (including phenoxy) is 8. The van der Waals surface area contributed by atoms with Gasteiger partial charge in [0.2, 0.25) is 11.9 Å². The van der Waals surface area contributed by atoms with Crippen LogP contribution in [0.1, 0.15) is 53.4 Å². The van der Waals surface area contributed by atoms with E-state index in [1.807, 2.05) is 27.7 Å². The Morgan fingerprint density at radius 2 is 1.34 bits per heavy atom. The average Bonchev–Trinajstić information content (AvgIpc) is 3.65. The first-order chi connectivity index (χ1) is 18.2. The molecule has 2 N–H and O–H groups in total. The summed E-state index contributed by atoms with van der Waals surface area (Å²) in [5.41, 5.74) is 0. The predicted molar refractivity (Wildman–Crippen MR) is 133 cm³/mol. The quantitative estimate of drug-likeness (QED) is 0.474. The molecule has 0 aliphatic carbocycles. The molecule has 7 atom stereocenters. The Labute approximate surface area is 222 Å². The van der Waals surface area contributed by atoms with E-state index in [4.69, 9.17) is 37.9 Å². The molecule has 5 fully saturated rings. The Kier molecular flexibility index (Phi) is 7.35. The van der Waals surface area contributed by atoms with E-state index >= 15 is 0 Å². The van der Waals surface area contributed by atoms with Gasteiger partial charge in [-0.3, -0.25) is 0 Å². The molecule has 2 unspecified atom stereocenters. The van der Waals surface area contributed by atoms with Crippen molar-refractivity contribution in [1.82, 2.24) is 15.0 Å². The van der Waals surface area contributed by atoms with E-state index in [1.54, 1.807) is 0 Å². The van der Waals surface area contributed by atoms with Gasteiger partial charge in [-0.1, -0.05) is 0 Å². The van der Waals surface area contributed by atoms with Gasteiger partial charge < -0.3 is 48.5 Å². The maximum atomic E-state index is 6.25. The number of nitrogens with zero attached hydrogens (tertiary/aromatic N) is 3. The molecule has 0 bridgehead atoms. The lowest BCUT2D eigenvalue weighted by atomic mass is 9.99. The number of anilines is 2. The summed E-state index contributed by atoms with van der Waals surface area (Å²) in [6.07, 6.45) is 2.19. The summed E-state index contributed by atoms with van der Waals surface area (Å²) in [7, 11) is 0. The molecule has 5 saturated heterocycles. The van der Waals surface area contributed by atoms with Crippen LogP contribution in [-0.2, 0) is 33.2 Å². The van der Waals surface area contributed by atoms with Crippen LogP contribution in [0.15, 0.2) is 0 Å². The zero-order valence-electron chi connectivity index (χ0n) is 22.5. The van der Waals surface area contributed by atoms with Crippen molar-refractivity contribution in [1.29, 1.82) is 0 Å². The van der Waals surface area contributed by atoms with E-state index in [0.717, 1.165) is 38.9 Å². The predicted octanol–water partition coefficient (Wildman–Crippen LogP) is 1.83. The van der Waals surface area contributed by atoms with Crippen LogP contribution in [0.2, 0.25) is 0 Å². The number of aromatic nitrogens is 3. The fourth-order valence-electron chi connectivity index (χ4n) is 5.58. The molecule has 13 nitrogen and oxygen atoms in total. The van der Waals surface area contributed by atoms with E-state index < -0.39 is 36.2 Å². The lowest BCUT2D eigenvalue weighted by Gasteiger charge is -2.36. The van der Waals surface area contributed by atoms with Gasteiger partial charge in [-0.05, 0) is 53.4 Å². The van der Waals surface area contributed by atoms with Gasteiger partial charge in [0.05, 0.1) is 12.2 Å². The van der Waals surface area contributed by atoms with Gasteiger partial charge in [-0.2, -0.15) is 15.0 Å². The van der Waals surface area contributed by atoms with Gasteiger partial charge in [0, 0.05) is 26.3 Å². The van der Waals surface area contributed by atoms with E-state index in [0.29, 0.717) is 25.0 Å². The molecule has 38 heavy (non-hydrogen) atoms. The summed E-state index contributed by atoms with van der Waals surface area (Å²) in [6.45, 7) is 10.4. The van der Waals surface area contributed by atoms with Gasteiger partial charge in [0.25, 0.3) is 0 Å². The number of hydrogen-bond acceptors (Lipinski definition) is 13. The Bertz CT molecular complexity index is 933. The van der Waals surface area contributed by atoms with Crippen LogP contribution in [0.4, 0.5) is 11.9 Å². The second-order valence-corrected chi connectivity index (χ2v) is 11.3. The number of hydrogen-bond donors (Lipinski definition) is 2. The summed E-state index contributed by atoms with van der Waals surface area (Å²) in [6, 6.07) is 0.175. The molecule has 5 aliphatic heterocycles. The summed E-state index contributed by atoms with van der Waals surface area (Å²) in [4.78, 5) is 13.5. The summed E-state index contributed by atoms with van der Waals surface area (Å²) >= 11 is 0. The van der Waals surface area contributed by atoms with Crippen molar-refractivity contribution in [3.8, 4) is 6.01 Å². The van der Waals surface area contributed by atoms with Crippen molar-refractivity contribution >= 4 is 11.9 Å². The van der Waals surface area contributed by atoms with Gasteiger partial charge in [0.15, 0.2) is 17.9 Å². The highest BCUT2D eigenvalue weighted by molar-refractivity contribution is 5.36. The maximum Gasteiger partial charge on any atom is 0.323 e. The van der Waals surface area contributed by atoms with Crippen molar-refractivity contribution in [3.05, 3.63) is 0 Å². The molecule has 0 spiro atoms. The molecule has 6 rings (SSSR count). The zero-order chi connectivity index (χ0) is 26.3. The summed E-state index contributed by atoms with van der Waals surface area (Å²) < 4.78 is 48.2. The Hall–Kier alpha value is -1.87.